The van der Waals surface area contributed by atoms with Gasteiger partial charge in [0.1, 0.15) is 0 Å². The van der Waals surface area contributed by atoms with Gasteiger partial charge in [-0.25, -0.2) is 0 Å². The Balaban J connectivity index is 2.65. The maximum absolute atomic E-state index is 4.27. The van der Waals surface area contributed by atoms with Gasteiger partial charge in [0.2, 0.25) is 0 Å². The molecule has 50 valence electrons. The molecule has 1 nitrogen and oxygen atoms in total. The molecule has 0 aromatic heterocycles. The van der Waals surface area contributed by atoms with Gasteiger partial charge >= 0.3 is 0 Å². The van der Waals surface area contributed by atoms with Gasteiger partial charge in [-0.15, -0.1) is 0 Å². The van der Waals surface area contributed by atoms with E-state index < -0.39 is 0 Å². The lowest BCUT2D eigenvalue weighted by atomic mass is 9.94. The molecule has 0 N–H and O–H groups in total. The van der Waals surface area contributed by atoms with Gasteiger partial charge in [0.15, 0.2) is 0 Å². The number of rotatable bonds is 0. The first-order valence-corrected chi connectivity index (χ1v) is 3.41. The number of hydrogen-bond donors (Lipinski definition) is 0. The summed E-state index contributed by atoms with van der Waals surface area (Å²) in [6.45, 7) is 8.21. The molecule has 0 amide bonds. The Morgan fingerprint density at radius 3 is 2.78 bits per heavy atom. The maximum Gasteiger partial charge on any atom is 0.0500 e. The van der Waals surface area contributed by atoms with Crippen molar-refractivity contribution in [1.82, 2.24) is 0 Å². The summed E-state index contributed by atoms with van der Waals surface area (Å²) >= 11 is 0. The van der Waals surface area contributed by atoms with Gasteiger partial charge < -0.3 is 0 Å². The van der Waals surface area contributed by atoms with Crippen molar-refractivity contribution >= 4 is 6.21 Å². The van der Waals surface area contributed by atoms with Crippen LogP contribution in [-0.2, 0) is 0 Å². The van der Waals surface area contributed by atoms with Crippen LogP contribution in [0.3, 0.4) is 0 Å². The molecule has 1 aliphatic heterocycles. The van der Waals surface area contributed by atoms with Crippen molar-refractivity contribution in [2.24, 2.45) is 10.9 Å². The molecule has 0 saturated heterocycles. The Morgan fingerprint density at radius 2 is 2.33 bits per heavy atom. The molecule has 0 saturated carbocycles. The Kier molecular flexibility index (Phi) is 1.70. The van der Waals surface area contributed by atoms with Gasteiger partial charge in [-0.2, -0.15) is 0 Å². The number of allylic oxidation sites excluding steroid dienone is 1. The van der Waals surface area contributed by atoms with Crippen LogP contribution in [0.15, 0.2) is 17.1 Å². The fourth-order valence-electron chi connectivity index (χ4n) is 1.01. The highest BCUT2D eigenvalue weighted by atomic mass is 14.8. The summed E-state index contributed by atoms with van der Waals surface area (Å²) in [5.74, 6) is 0.683. The first-order chi connectivity index (χ1) is 4.20. The molecule has 0 fully saturated rings. The van der Waals surface area contributed by atoms with Crippen LogP contribution >= 0.6 is 0 Å². The van der Waals surface area contributed by atoms with E-state index in [1.54, 1.807) is 0 Å². The average molecular weight is 123 g/mol. The predicted molar refractivity (Wildman–Crippen MR) is 40.9 cm³/mol. The van der Waals surface area contributed by atoms with E-state index in [-0.39, 0.29) is 0 Å². The third-order valence-electron chi connectivity index (χ3n) is 1.90. The molecule has 0 aromatic rings. The highest BCUT2D eigenvalue weighted by Gasteiger charge is 2.14. The first-order valence-electron chi connectivity index (χ1n) is 3.41. The molecule has 0 aromatic carbocycles. The van der Waals surface area contributed by atoms with Crippen LogP contribution in [0.25, 0.3) is 0 Å². The van der Waals surface area contributed by atoms with Crippen molar-refractivity contribution in [2.75, 3.05) is 0 Å². The third kappa shape index (κ3) is 1.41. The van der Waals surface area contributed by atoms with Crippen LogP contribution in [0.4, 0.5) is 0 Å². The minimum atomic E-state index is 0.496. The number of hydrogen-bond acceptors (Lipinski definition) is 1. The lowest BCUT2D eigenvalue weighted by Gasteiger charge is -2.20. The second-order valence-electron chi connectivity index (χ2n) is 2.86. The van der Waals surface area contributed by atoms with E-state index in [0.29, 0.717) is 12.0 Å². The number of nitrogens with zero attached hydrogens (tertiary/aromatic N) is 1. The molecule has 0 aliphatic carbocycles. The first kappa shape index (κ1) is 6.53. The summed E-state index contributed by atoms with van der Waals surface area (Å²) in [4.78, 5) is 4.27. The summed E-state index contributed by atoms with van der Waals surface area (Å²) in [6.07, 6.45) is 3.01. The largest absolute Gasteiger partial charge is 0.290 e. The van der Waals surface area contributed by atoms with E-state index >= 15 is 0 Å². The van der Waals surface area contributed by atoms with Crippen molar-refractivity contribution in [3.8, 4) is 0 Å². The highest BCUT2D eigenvalue weighted by Crippen LogP contribution is 2.19. The molecule has 2 atom stereocenters. The van der Waals surface area contributed by atoms with E-state index in [0.717, 1.165) is 6.42 Å². The van der Waals surface area contributed by atoms with Crippen molar-refractivity contribution in [1.29, 1.82) is 0 Å². The molecule has 1 heteroatoms. The SMILES string of the molecule is C=C1C=N[C@@H](C)[C@@H](C)C1. The third-order valence-corrected chi connectivity index (χ3v) is 1.90. The summed E-state index contributed by atoms with van der Waals surface area (Å²) in [7, 11) is 0. The molecule has 1 rings (SSSR count). The zero-order valence-electron chi connectivity index (χ0n) is 6.09. The van der Waals surface area contributed by atoms with Gasteiger partial charge in [0.05, 0.1) is 0 Å². The smallest absolute Gasteiger partial charge is 0.0500 e. The molecule has 1 aliphatic rings. The second kappa shape index (κ2) is 2.34. The standard InChI is InChI=1S/C8H13N/c1-6-4-7(2)8(3)9-5-6/h5,7-8H,1,4H2,2-3H3/t7-,8-/m0/s1. The molecular formula is C8H13N. The van der Waals surface area contributed by atoms with E-state index in [4.69, 9.17) is 0 Å². The predicted octanol–water partition coefficient (Wildman–Crippen LogP) is 2.04. The maximum atomic E-state index is 4.27. The summed E-state index contributed by atoms with van der Waals surface area (Å²) in [5.41, 5.74) is 1.17. The number of aliphatic imine (C=N–C) groups is 1. The molecule has 0 bridgehead atoms. The van der Waals surface area contributed by atoms with Gasteiger partial charge in [0, 0.05) is 12.3 Å². The molecule has 0 unspecified atom stereocenters. The molecule has 0 spiro atoms. The molecule has 0 radical (unpaired) electrons. The Hall–Kier alpha value is -0.590. The Bertz CT molecular complexity index is 147. The second-order valence-corrected chi connectivity index (χ2v) is 2.86. The molecule has 9 heavy (non-hydrogen) atoms. The van der Waals surface area contributed by atoms with Crippen LogP contribution in [0.5, 0.6) is 0 Å². The zero-order valence-corrected chi connectivity index (χ0v) is 6.09. The van der Waals surface area contributed by atoms with Crippen LogP contribution < -0.4 is 0 Å². The summed E-state index contributed by atoms with van der Waals surface area (Å²) in [5, 5.41) is 0. The van der Waals surface area contributed by atoms with E-state index in [2.05, 4.69) is 25.4 Å². The van der Waals surface area contributed by atoms with Crippen molar-refractivity contribution < 1.29 is 0 Å². The minimum absolute atomic E-state index is 0.496. The fourth-order valence-corrected chi connectivity index (χ4v) is 1.01. The molecular weight excluding hydrogens is 110 g/mol. The monoisotopic (exact) mass is 123 g/mol. The lowest BCUT2D eigenvalue weighted by molar-refractivity contribution is 0.478. The van der Waals surface area contributed by atoms with Gasteiger partial charge in [-0.3, -0.25) is 4.99 Å². The minimum Gasteiger partial charge on any atom is -0.290 e. The zero-order chi connectivity index (χ0) is 6.85. The molecule has 1 heterocycles. The topological polar surface area (TPSA) is 12.4 Å². The summed E-state index contributed by atoms with van der Waals surface area (Å²) in [6, 6.07) is 0.496. The highest BCUT2D eigenvalue weighted by molar-refractivity contribution is 5.78. The van der Waals surface area contributed by atoms with Crippen LogP contribution in [0.1, 0.15) is 20.3 Å². The summed E-state index contributed by atoms with van der Waals surface area (Å²) < 4.78 is 0. The van der Waals surface area contributed by atoms with Crippen molar-refractivity contribution in [3.63, 3.8) is 0 Å². The lowest BCUT2D eigenvalue weighted by Crippen LogP contribution is -2.17. The van der Waals surface area contributed by atoms with E-state index in [1.807, 2.05) is 6.21 Å². The van der Waals surface area contributed by atoms with Gasteiger partial charge in [0.25, 0.3) is 0 Å². The normalized spacial score (nSPS) is 35.1. The van der Waals surface area contributed by atoms with E-state index in [1.165, 1.54) is 5.57 Å². The van der Waals surface area contributed by atoms with Crippen molar-refractivity contribution in [3.05, 3.63) is 12.2 Å². The van der Waals surface area contributed by atoms with Gasteiger partial charge in [-0.05, 0) is 24.8 Å². The van der Waals surface area contributed by atoms with E-state index in [9.17, 15) is 0 Å². The van der Waals surface area contributed by atoms with Crippen LogP contribution in [0, 0.1) is 5.92 Å². The fraction of sp³-hybridized carbons (Fsp3) is 0.625. The quantitative estimate of drug-likeness (QED) is 0.467. The Labute approximate surface area is 56.5 Å². The van der Waals surface area contributed by atoms with Crippen LogP contribution in [0.2, 0.25) is 0 Å². The van der Waals surface area contributed by atoms with Gasteiger partial charge in [-0.1, -0.05) is 13.5 Å². The van der Waals surface area contributed by atoms with Crippen LogP contribution in [-0.4, -0.2) is 12.3 Å². The Morgan fingerprint density at radius 1 is 1.67 bits per heavy atom. The average Bonchev–Trinajstić information content (AvgIpc) is 1.80. The van der Waals surface area contributed by atoms with Crippen molar-refractivity contribution in [2.45, 2.75) is 26.3 Å².